The van der Waals surface area contributed by atoms with Crippen LogP contribution in [0.2, 0.25) is 0 Å². The number of phenolic OH excluding ortho intramolecular Hbond substituents is 1. The zero-order valence-corrected chi connectivity index (χ0v) is 19.5. The van der Waals surface area contributed by atoms with Crippen LogP contribution < -0.4 is 5.43 Å². The Morgan fingerprint density at radius 2 is 1.47 bits per heavy atom. The molecule has 0 radical (unpaired) electrons. The summed E-state index contributed by atoms with van der Waals surface area (Å²) in [6.45, 7) is 4.03. The maximum Gasteiger partial charge on any atom is 0.317 e. The van der Waals surface area contributed by atoms with Crippen LogP contribution in [-0.2, 0) is 0 Å². The molecule has 174 valence electrons. The fourth-order valence-electron chi connectivity index (χ4n) is 5.23. The molecule has 1 amide bonds. The van der Waals surface area contributed by atoms with Gasteiger partial charge in [0.05, 0.1) is 5.56 Å². The number of aromatic hydroxyl groups is 1. The van der Waals surface area contributed by atoms with Crippen LogP contribution in [0.5, 0.6) is 5.75 Å². The standard InChI is InChI=1S/C30H19NO5/c1-15-19-5-3-4-6-20(19)16(2)24-14-26(30(34)31-35)25(13-23(15)24)29-21-9-7-17(32)11-27(21)36-28-12-18(33)8-10-22(28)29/h3-14,32H,1-2H3. The number of nitrogens with zero attached hydrogens (tertiary/aromatic N) is 1. The van der Waals surface area contributed by atoms with Gasteiger partial charge in [-0.2, -0.15) is 0 Å². The molecule has 0 saturated heterocycles. The van der Waals surface area contributed by atoms with E-state index in [-0.39, 0.29) is 16.7 Å². The van der Waals surface area contributed by atoms with Crippen molar-refractivity contribution in [1.29, 1.82) is 0 Å². The minimum absolute atomic E-state index is 0.00265. The van der Waals surface area contributed by atoms with Gasteiger partial charge in [-0.3, -0.25) is 9.59 Å². The third-order valence-electron chi connectivity index (χ3n) is 6.96. The van der Waals surface area contributed by atoms with Crippen LogP contribution >= 0.6 is 0 Å². The van der Waals surface area contributed by atoms with Crippen LogP contribution in [0, 0.1) is 18.8 Å². The largest absolute Gasteiger partial charge is 0.508 e. The highest BCUT2D eigenvalue weighted by Gasteiger charge is 2.24. The van der Waals surface area contributed by atoms with Crippen LogP contribution in [0.1, 0.15) is 21.5 Å². The number of carbonyl (C=O) groups excluding carboxylic acids is 1. The second kappa shape index (κ2) is 7.85. The van der Waals surface area contributed by atoms with Gasteiger partial charge in [0.15, 0.2) is 5.43 Å². The van der Waals surface area contributed by atoms with Crippen molar-refractivity contribution in [3.8, 4) is 28.2 Å². The Kier molecular flexibility index (Phi) is 4.73. The molecule has 0 atom stereocenters. The molecule has 1 heterocycles. The second-order valence-corrected chi connectivity index (χ2v) is 8.95. The van der Waals surface area contributed by atoms with Gasteiger partial charge in [0, 0.05) is 33.8 Å². The lowest BCUT2D eigenvalue weighted by molar-refractivity contribution is 0.100. The Balaban J connectivity index is 1.85. The SMILES string of the molecule is Cc1c2ccccc2c(C)c2cc(-c3c4ccc(=O)cc-4oc4cc(O)ccc34)c(C(=O)N=O)cc12. The highest BCUT2D eigenvalue weighted by Crippen LogP contribution is 2.44. The van der Waals surface area contributed by atoms with E-state index in [2.05, 4.69) is 11.2 Å². The molecule has 0 bridgehead atoms. The summed E-state index contributed by atoms with van der Waals surface area (Å²) in [4.78, 5) is 36.5. The lowest BCUT2D eigenvalue weighted by atomic mass is 9.85. The van der Waals surface area contributed by atoms with Gasteiger partial charge < -0.3 is 9.52 Å². The number of phenols is 1. The van der Waals surface area contributed by atoms with Crippen LogP contribution in [-0.4, -0.2) is 11.0 Å². The van der Waals surface area contributed by atoms with Crippen molar-refractivity contribution < 1.29 is 14.3 Å². The van der Waals surface area contributed by atoms with E-state index in [0.29, 0.717) is 33.4 Å². The van der Waals surface area contributed by atoms with Crippen molar-refractivity contribution in [2.45, 2.75) is 13.8 Å². The van der Waals surface area contributed by atoms with Gasteiger partial charge in [-0.15, -0.1) is 4.91 Å². The van der Waals surface area contributed by atoms with E-state index in [1.165, 1.54) is 24.3 Å². The number of fused-ring (bicyclic) bond motifs is 4. The molecule has 0 fully saturated rings. The number of rotatable bonds is 2. The Bertz CT molecular complexity index is 1930. The van der Waals surface area contributed by atoms with E-state index < -0.39 is 5.91 Å². The van der Waals surface area contributed by atoms with Crippen LogP contribution in [0.4, 0.5) is 0 Å². The molecule has 0 unspecified atom stereocenters. The first-order chi connectivity index (χ1) is 17.4. The van der Waals surface area contributed by atoms with E-state index in [0.717, 1.165) is 32.7 Å². The molecular formula is C30H19NO5. The number of carbonyl (C=O) groups is 1. The highest BCUT2D eigenvalue weighted by atomic mass is 16.3. The Hall–Kier alpha value is -4.84. The summed E-state index contributed by atoms with van der Waals surface area (Å²) in [5.74, 6) is -0.588. The van der Waals surface area contributed by atoms with Gasteiger partial charge >= 0.3 is 5.91 Å². The number of amides is 1. The van der Waals surface area contributed by atoms with E-state index in [1.807, 2.05) is 38.1 Å². The molecule has 6 heteroatoms. The van der Waals surface area contributed by atoms with Crippen molar-refractivity contribution in [2.24, 2.45) is 5.18 Å². The first-order valence-electron chi connectivity index (χ1n) is 11.4. The van der Waals surface area contributed by atoms with E-state index in [4.69, 9.17) is 4.42 Å². The van der Waals surface area contributed by atoms with Crippen molar-refractivity contribution >= 4 is 38.4 Å². The third kappa shape index (κ3) is 3.11. The van der Waals surface area contributed by atoms with Crippen molar-refractivity contribution in [3.63, 3.8) is 0 Å². The monoisotopic (exact) mass is 473 g/mol. The molecule has 4 aromatic carbocycles. The third-order valence-corrected chi connectivity index (χ3v) is 6.96. The number of aryl methyl sites for hydroxylation is 2. The molecule has 1 N–H and O–H groups in total. The molecular weight excluding hydrogens is 454 g/mol. The number of hydrogen-bond donors (Lipinski definition) is 1. The van der Waals surface area contributed by atoms with E-state index in [1.54, 1.807) is 18.2 Å². The first kappa shape index (κ1) is 21.7. The minimum Gasteiger partial charge on any atom is -0.508 e. The quantitative estimate of drug-likeness (QED) is 0.214. The maximum atomic E-state index is 12.9. The van der Waals surface area contributed by atoms with Crippen molar-refractivity contribution in [2.75, 3.05) is 0 Å². The first-order valence-corrected chi connectivity index (χ1v) is 11.4. The lowest BCUT2D eigenvalue weighted by Crippen LogP contribution is -2.03. The van der Waals surface area contributed by atoms with Crippen molar-refractivity contribution in [1.82, 2.24) is 0 Å². The summed E-state index contributed by atoms with van der Waals surface area (Å²) in [7, 11) is 0. The van der Waals surface area contributed by atoms with Crippen molar-refractivity contribution in [3.05, 3.63) is 105 Å². The second-order valence-electron chi connectivity index (χ2n) is 8.95. The molecule has 6 nitrogen and oxygen atoms in total. The van der Waals surface area contributed by atoms with Gasteiger partial charge in [-0.05, 0) is 88.5 Å². The van der Waals surface area contributed by atoms with Crippen LogP contribution in [0.25, 0.3) is 55.0 Å². The molecule has 1 aliphatic heterocycles. The average Bonchev–Trinajstić information content (AvgIpc) is 2.89. The molecule has 2 aliphatic rings. The summed E-state index contributed by atoms with van der Waals surface area (Å²) in [5.41, 5.74) is 4.01. The molecule has 0 spiro atoms. The van der Waals surface area contributed by atoms with E-state index >= 15 is 0 Å². The summed E-state index contributed by atoms with van der Waals surface area (Å²) in [5, 5.41) is 17.4. The summed E-state index contributed by atoms with van der Waals surface area (Å²) in [6, 6.07) is 20.8. The summed E-state index contributed by atoms with van der Waals surface area (Å²) in [6.07, 6.45) is 0. The van der Waals surface area contributed by atoms with Gasteiger partial charge in [0.25, 0.3) is 0 Å². The molecule has 0 saturated carbocycles. The average molecular weight is 473 g/mol. The minimum atomic E-state index is -0.890. The van der Waals surface area contributed by atoms with Gasteiger partial charge in [0.2, 0.25) is 0 Å². The van der Waals surface area contributed by atoms with Crippen LogP contribution in [0.3, 0.4) is 0 Å². The predicted molar refractivity (Wildman–Crippen MR) is 141 cm³/mol. The number of benzene rings is 5. The van der Waals surface area contributed by atoms with Gasteiger partial charge in [0.1, 0.15) is 17.1 Å². The molecule has 6 rings (SSSR count). The topological polar surface area (TPSA) is 96.9 Å². The number of nitroso groups, excluding NO2 is 1. The molecule has 1 aliphatic carbocycles. The van der Waals surface area contributed by atoms with Crippen LogP contribution in [0.15, 0.2) is 87.2 Å². The Labute approximate surface area is 204 Å². The summed E-state index contributed by atoms with van der Waals surface area (Å²) < 4.78 is 5.95. The maximum absolute atomic E-state index is 12.9. The predicted octanol–water partition coefficient (Wildman–Crippen LogP) is 7.10. The zero-order valence-electron chi connectivity index (χ0n) is 19.5. The smallest absolute Gasteiger partial charge is 0.317 e. The lowest BCUT2D eigenvalue weighted by Gasteiger charge is -2.19. The van der Waals surface area contributed by atoms with Gasteiger partial charge in [-0.25, -0.2) is 0 Å². The number of hydrogen-bond acceptors (Lipinski definition) is 5. The molecule has 36 heavy (non-hydrogen) atoms. The van der Waals surface area contributed by atoms with E-state index in [9.17, 15) is 19.6 Å². The fourth-order valence-corrected chi connectivity index (χ4v) is 5.23. The fraction of sp³-hybridized carbons (Fsp3) is 0.0667. The normalized spacial score (nSPS) is 11.5. The highest BCUT2D eigenvalue weighted by molar-refractivity contribution is 6.15. The molecule has 4 aromatic rings. The summed E-state index contributed by atoms with van der Waals surface area (Å²) >= 11 is 0. The zero-order chi connectivity index (χ0) is 25.1. The van der Waals surface area contributed by atoms with Gasteiger partial charge in [-0.1, -0.05) is 24.3 Å². The Morgan fingerprint density at radius 1 is 0.778 bits per heavy atom. The molecule has 0 aromatic heterocycles. The Morgan fingerprint density at radius 3 is 2.17 bits per heavy atom.